The number of hydrogen-bond acceptors (Lipinski definition) is 3. The Bertz CT molecular complexity index is 464. The summed E-state index contributed by atoms with van der Waals surface area (Å²) in [6, 6.07) is 5.01. The van der Waals surface area contributed by atoms with Gasteiger partial charge in [0.25, 0.3) is 0 Å². The molecule has 0 radical (unpaired) electrons. The van der Waals surface area contributed by atoms with E-state index >= 15 is 0 Å². The second kappa shape index (κ2) is 3.88. The fourth-order valence-corrected chi connectivity index (χ4v) is 2.65. The maximum absolute atomic E-state index is 13.9. The SMILES string of the molecule is NC1=NCC(c2c(F)cccc2Cl)N1C1CC1. The third-order valence-corrected chi connectivity index (χ3v) is 3.63. The molecule has 1 aromatic rings. The first-order valence-electron chi connectivity index (χ1n) is 5.70. The van der Waals surface area contributed by atoms with E-state index in [1.54, 1.807) is 12.1 Å². The van der Waals surface area contributed by atoms with Crippen LogP contribution < -0.4 is 5.73 Å². The molecule has 1 heterocycles. The second-order valence-corrected chi connectivity index (χ2v) is 4.90. The quantitative estimate of drug-likeness (QED) is 0.879. The van der Waals surface area contributed by atoms with Crippen LogP contribution in [0.4, 0.5) is 4.39 Å². The van der Waals surface area contributed by atoms with Gasteiger partial charge in [-0.05, 0) is 25.0 Å². The Morgan fingerprint density at radius 3 is 2.82 bits per heavy atom. The number of rotatable bonds is 2. The third-order valence-electron chi connectivity index (χ3n) is 3.30. The molecule has 1 atom stereocenters. The summed E-state index contributed by atoms with van der Waals surface area (Å²) in [5.41, 5.74) is 6.38. The largest absolute Gasteiger partial charge is 0.370 e. The highest BCUT2D eigenvalue weighted by Gasteiger charge is 2.40. The first-order valence-corrected chi connectivity index (χ1v) is 6.08. The van der Waals surface area contributed by atoms with Crippen LogP contribution in [-0.4, -0.2) is 23.4 Å². The molecule has 3 nitrogen and oxygen atoms in total. The van der Waals surface area contributed by atoms with E-state index in [0.29, 0.717) is 29.1 Å². The van der Waals surface area contributed by atoms with Crippen molar-refractivity contribution in [2.45, 2.75) is 24.9 Å². The Kier molecular flexibility index (Phi) is 2.47. The van der Waals surface area contributed by atoms with Gasteiger partial charge in [-0.25, -0.2) is 4.39 Å². The van der Waals surface area contributed by atoms with Crippen molar-refractivity contribution in [3.8, 4) is 0 Å². The summed E-state index contributed by atoms with van der Waals surface area (Å²) in [5, 5.41) is 0.450. The summed E-state index contributed by atoms with van der Waals surface area (Å²) in [4.78, 5) is 6.22. The molecule has 17 heavy (non-hydrogen) atoms. The van der Waals surface area contributed by atoms with Gasteiger partial charge < -0.3 is 10.6 Å². The topological polar surface area (TPSA) is 41.6 Å². The van der Waals surface area contributed by atoms with E-state index in [1.165, 1.54) is 6.07 Å². The molecule has 1 unspecified atom stereocenters. The van der Waals surface area contributed by atoms with Crippen molar-refractivity contribution in [3.63, 3.8) is 0 Å². The van der Waals surface area contributed by atoms with Gasteiger partial charge >= 0.3 is 0 Å². The molecular formula is C12H13ClFN3. The highest BCUT2D eigenvalue weighted by molar-refractivity contribution is 6.31. The Morgan fingerprint density at radius 2 is 2.18 bits per heavy atom. The minimum absolute atomic E-state index is 0.142. The lowest BCUT2D eigenvalue weighted by Gasteiger charge is -2.27. The summed E-state index contributed by atoms with van der Waals surface area (Å²) in [6.07, 6.45) is 2.19. The van der Waals surface area contributed by atoms with Gasteiger partial charge in [0.1, 0.15) is 5.82 Å². The van der Waals surface area contributed by atoms with Crippen LogP contribution in [0.2, 0.25) is 5.02 Å². The average Bonchev–Trinajstić information content (AvgIpc) is 3.04. The Morgan fingerprint density at radius 1 is 1.41 bits per heavy atom. The zero-order valence-electron chi connectivity index (χ0n) is 9.24. The first-order chi connectivity index (χ1) is 8.18. The minimum atomic E-state index is -0.280. The van der Waals surface area contributed by atoms with Gasteiger partial charge in [-0.1, -0.05) is 17.7 Å². The number of guanidine groups is 1. The van der Waals surface area contributed by atoms with E-state index in [2.05, 4.69) is 4.99 Å². The van der Waals surface area contributed by atoms with Crippen molar-refractivity contribution in [1.82, 2.24) is 4.90 Å². The molecule has 2 N–H and O–H groups in total. The molecule has 1 aromatic carbocycles. The summed E-state index contributed by atoms with van der Waals surface area (Å²) in [5.74, 6) is 0.231. The van der Waals surface area contributed by atoms with E-state index < -0.39 is 0 Å². The molecule has 0 saturated heterocycles. The van der Waals surface area contributed by atoms with Crippen LogP contribution in [0.5, 0.6) is 0 Å². The van der Waals surface area contributed by atoms with Gasteiger partial charge in [0.05, 0.1) is 12.6 Å². The van der Waals surface area contributed by atoms with Crippen molar-refractivity contribution >= 4 is 17.6 Å². The lowest BCUT2D eigenvalue weighted by Crippen LogP contribution is -2.38. The molecular weight excluding hydrogens is 241 g/mol. The van der Waals surface area contributed by atoms with Crippen molar-refractivity contribution in [3.05, 3.63) is 34.6 Å². The van der Waals surface area contributed by atoms with Crippen molar-refractivity contribution in [2.24, 2.45) is 10.7 Å². The standard InChI is InChI=1S/C12H13ClFN3/c13-8-2-1-3-9(14)11(8)10-6-16-12(15)17(10)7-4-5-7/h1-3,7,10H,4-6H2,(H2,15,16). The van der Waals surface area contributed by atoms with E-state index in [4.69, 9.17) is 17.3 Å². The van der Waals surface area contributed by atoms with E-state index in [-0.39, 0.29) is 11.9 Å². The summed E-state index contributed by atoms with van der Waals surface area (Å²) >= 11 is 6.09. The molecule has 1 aliphatic heterocycles. The van der Waals surface area contributed by atoms with Crippen LogP contribution in [0, 0.1) is 5.82 Å². The third kappa shape index (κ3) is 1.76. The van der Waals surface area contributed by atoms with E-state index in [1.807, 2.05) is 4.90 Å². The van der Waals surface area contributed by atoms with Crippen LogP contribution in [0.15, 0.2) is 23.2 Å². The maximum atomic E-state index is 13.9. The fourth-order valence-electron chi connectivity index (χ4n) is 2.36. The zero-order chi connectivity index (χ0) is 12.0. The van der Waals surface area contributed by atoms with Gasteiger partial charge in [-0.15, -0.1) is 0 Å². The normalized spacial score (nSPS) is 24.0. The minimum Gasteiger partial charge on any atom is -0.370 e. The van der Waals surface area contributed by atoms with Crippen LogP contribution in [-0.2, 0) is 0 Å². The number of nitrogens with two attached hydrogens (primary N) is 1. The second-order valence-electron chi connectivity index (χ2n) is 4.49. The summed E-state index contributed by atoms with van der Waals surface area (Å²) in [6.45, 7) is 0.489. The van der Waals surface area contributed by atoms with Gasteiger partial charge in [0, 0.05) is 16.6 Å². The molecule has 0 amide bonds. The molecule has 1 aliphatic carbocycles. The molecule has 90 valence electrons. The maximum Gasteiger partial charge on any atom is 0.192 e. The Hall–Kier alpha value is -1.29. The molecule has 0 spiro atoms. The van der Waals surface area contributed by atoms with Crippen molar-refractivity contribution in [1.29, 1.82) is 0 Å². The molecule has 2 aliphatic rings. The van der Waals surface area contributed by atoms with Gasteiger partial charge in [-0.2, -0.15) is 0 Å². The number of hydrogen-bond donors (Lipinski definition) is 1. The highest BCUT2D eigenvalue weighted by Crippen LogP contribution is 2.39. The molecule has 1 saturated carbocycles. The summed E-state index contributed by atoms with van der Waals surface area (Å²) < 4.78 is 13.9. The predicted octanol–water partition coefficient (Wildman–Crippen LogP) is 2.31. The van der Waals surface area contributed by atoms with E-state index in [9.17, 15) is 4.39 Å². The molecule has 1 fully saturated rings. The molecule has 3 rings (SSSR count). The van der Waals surface area contributed by atoms with Gasteiger partial charge in [0.15, 0.2) is 5.96 Å². The lowest BCUT2D eigenvalue weighted by atomic mass is 10.1. The van der Waals surface area contributed by atoms with Crippen LogP contribution >= 0.6 is 11.6 Å². The van der Waals surface area contributed by atoms with E-state index in [0.717, 1.165) is 12.8 Å². The lowest BCUT2D eigenvalue weighted by molar-refractivity contribution is 0.330. The monoisotopic (exact) mass is 253 g/mol. The number of halogens is 2. The number of nitrogens with zero attached hydrogens (tertiary/aromatic N) is 2. The van der Waals surface area contributed by atoms with Crippen LogP contribution in [0.25, 0.3) is 0 Å². The molecule has 0 bridgehead atoms. The molecule has 5 heteroatoms. The zero-order valence-corrected chi connectivity index (χ0v) is 9.99. The molecule has 0 aromatic heterocycles. The van der Waals surface area contributed by atoms with Crippen LogP contribution in [0.3, 0.4) is 0 Å². The van der Waals surface area contributed by atoms with Crippen LogP contribution in [0.1, 0.15) is 24.4 Å². The smallest absolute Gasteiger partial charge is 0.192 e. The average molecular weight is 254 g/mol. The number of aliphatic imine (C=N–C) groups is 1. The van der Waals surface area contributed by atoms with Crippen molar-refractivity contribution in [2.75, 3.05) is 6.54 Å². The van der Waals surface area contributed by atoms with Gasteiger partial charge in [0.2, 0.25) is 0 Å². The van der Waals surface area contributed by atoms with Crippen molar-refractivity contribution < 1.29 is 4.39 Å². The summed E-state index contributed by atoms with van der Waals surface area (Å²) in [7, 11) is 0. The Balaban J connectivity index is 1.99. The highest BCUT2D eigenvalue weighted by atomic mass is 35.5. The fraction of sp³-hybridized carbons (Fsp3) is 0.417. The Labute approximate surface area is 104 Å². The number of benzene rings is 1. The van der Waals surface area contributed by atoms with Gasteiger partial charge in [-0.3, -0.25) is 4.99 Å². The predicted molar refractivity (Wildman–Crippen MR) is 65.5 cm³/mol. The first kappa shape index (κ1) is 10.8.